The van der Waals surface area contributed by atoms with Crippen LogP contribution in [0.5, 0.6) is 0 Å². The third-order valence-electron chi connectivity index (χ3n) is 12.7. The highest BCUT2D eigenvalue weighted by Crippen LogP contribution is 2.42. The molecule has 0 saturated carbocycles. The van der Waals surface area contributed by atoms with Gasteiger partial charge in [-0.25, -0.2) is 4.79 Å². The van der Waals surface area contributed by atoms with Gasteiger partial charge in [0, 0.05) is 52.1 Å². The zero-order valence-corrected chi connectivity index (χ0v) is 39.0. The summed E-state index contributed by atoms with van der Waals surface area (Å²) in [5, 5.41) is 40.7. The van der Waals surface area contributed by atoms with Crippen molar-refractivity contribution in [1.29, 1.82) is 0 Å². The molecule has 0 aromatic rings. The molecule has 3 heterocycles. The number of carbonyl (C=O) groups excluding carboxylic acids is 4. The first-order chi connectivity index (χ1) is 28.1. The van der Waals surface area contributed by atoms with E-state index in [0.717, 1.165) is 0 Å². The number of esters is 3. The molecule has 3 aliphatic rings. The normalized spacial score (nSPS) is 43.8. The minimum Gasteiger partial charge on any atom is -0.459 e. The second-order valence-corrected chi connectivity index (χ2v) is 18.3. The Balaban J connectivity index is 2.31. The van der Waals surface area contributed by atoms with Crippen LogP contribution in [0, 0.1) is 23.7 Å². The standard InChI is InChI=1S/C43H74N2O16/c1-17-31-43(13,52)36(49)23(4)33(44-61-29(10)48)21(2)19-41(11,51)37(60-40-35(56-27(8)46)30(45(14)15)18-22(3)54-40)24(5)34(25(6)39(50)58-31)59-32-20-42(12,53-16)38(26(7)55-32)57-28(9)47/h21-26,30-32,34-38,40,49,51-52H,17-20H2,1-16H3/b44-33+/t21-,22-,23-,24+,25-,26+,30+,31?,32+,34?,35-,36-,37-,38+,40+,41-,42-,43+/m1/s1. The minimum absolute atomic E-state index is 0.0460. The highest BCUT2D eigenvalue weighted by molar-refractivity contribution is 5.89. The maximum absolute atomic E-state index is 14.4. The summed E-state index contributed by atoms with van der Waals surface area (Å²) in [6.45, 7) is 20.3. The van der Waals surface area contributed by atoms with Crippen molar-refractivity contribution in [3.63, 3.8) is 0 Å². The Morgan fingerprint density at radius 1 is 0.852 bits per heavy atom. The Morgan fingerprint density at radius 2 is 1.46 bits per heavy atom. The molecule has 2 unspecified atom stereocenters. The van der Waals surface area contributed by atoms with Crippen LogP contribution in [0.3, 0.4) is 0 Å². The average molecular weight is 875 g/mol. The van der Waals surface area contributed by atoms with Gasteiger partial charge >= 0.3 is 23.9 Å². The van der Waals surface area contributed by atoms with Crippen molar-refractivity contribution in [2.75, 3.05) is 21.2 Å². The highest BCUT2D eigenvalue weighted by Gasteiger charge is 2.54. The first kappa shape index (κ1) is 52.5. The molecule has 18 nitrogen and oxygen atoms in total. The van der Waals surface area contributed by atoms with Crippen molar-refractivity contribution in [1.82, 2.24) is 4.90 Å². The number of aliphatic hydroxyl groups is 3. The lowest BCUT2D eigenvalue weighted by atomic mass is 9.73. The van der Waals surface area contributed by atoms with Gasteiger partial charge in [-0.15, -0.1) is 0 Å². The molecule has 0 aromatic carbocycles. The topological polar surface area (TPSA) is 228 Å². The van der Waals surface area contributed by atoms with Crippen molar-refractivity contribution < 1.29 is 77.2 Å². The van der Waals surface area contributed by atoms with Crippen LogP contribution < -0.4 is 0 Å². The number of likely N-dealkylation sites (N-methyl/N-ethyl adjacent to an activating group) is 1. The third kappa shape index (κ3) is 12.7. The Hall–Kier alpha value is -2.81. The average Bonchev–Trinajstić information content (AvgIpc) is 3.15. The van der Waals surface area contributed by atoms with E-state index in [0.29, 0.717) is 6.42 Å². The lowest BCUT2D eigenvalue weighted by Gasteiger charge is -2.49. The largest absolute Gasteiger partial charge is 0.459 e. The predicted octanol–water partition coefficient (Wildman–Crippen LogP) is 3.28. The summed E-state index contributed by atoms with van der Waals surface area (Å²) in [4.78, 5) is 58.2. The SMILES string of the molecule is CCC1OC(=O)[C@H](C)C(O[C@H]2C[C@@](C)(OC)[C@@H](OC(C)=O)[C@H](C)O2)[C@H](C)[C@@H](O[C@@H]2O[C@H](C)C[C@H](N(C)C)[C@H]2OC(C)=O)[C@](C)(O)C[C@@H](C)/C(=N\OC(C)=O)[C@@H](C)[C@@H](O)[C@@]1(C)O. The lowest BCUT2D eigenvalue weighted by Crippen LogP contribution is -2.62. The number of hydrogen-bond donors (Lipinski definition) is 3. The molecule has 0 aliphatic carbocycles. The Bertz CT molecular complexity index is 1540. The number of rotatable bonds is 10. The van der Waals surface area contributed by atoms with Crippen molar-refractivity contribution in [3.8, 4) is 0 Å². The van der Waals surface area contributed by atoms with Crippen LogP contribution in [-0.4, -0.2) is 155 Å². The van der Waals surface area contributed by atoms with E-state index >= 15 is 0 Å². The molecule has 61 heavy (non-hydrogen) atoms. The molecule has 3 aliphatic heterocycles. The Kier molecular flexibility index (Phi) is 18.3. The molecule has 0 bridgehead atoms. The second-order valence-electron chi connectivity index (χ2n) is 18.3. The van der Waals surface area contributed by atoms with Crippen molar-refractivity contribution in [3.05, 3.63) is 0 Å². The summed E-state index contributed by atoms with van der Waals surface area (Å²) in [5.41, 5.74) is -4.88. The van der Waals surface area contributed by atoms with Gasteiger partial charge in [0.1, 0.15) is 17.3 Å². The van der Waals surface area contributed by atoms with Gasteiger partial charge in [0.2, 0.25) is 0 Å². The van der Waals surface area contributed by atoms with Crippen LogP contribution in [-0.2, 0) is 61.9 Å². The number of cyclic esters (lactones) is 1. The number of methoxy groups -OCH3 is 1. The van der Waals surface area contributed by atoms with Gasteiger partial charge in [0.25, 0.3) is 0 Å². The highest BCUT2D eigenvalue weighted by atomic mass is 16.7. The molecule has 0 spiro atoms. The summed E-state index contributed by atoms with van der Waals surface area (Å²) < 4.78 is 49.8. The second kappa shape index (κ2) is 21.2. The maximum Gasteiger partial charge on any atom is 0.331 e. The molecule has 18 heteroatoms. The van der Waals surface area contributed by atoms with E-state index in [9.17, 15) is 34.5 Å². The van der Waals surface area contributed by atoms with Gasteiger partial charge < -0.3 is 63.0 Å². The molecule has 18 atom stereocenters. The number of oxime groups is 1. The van der Waals surface area contributed by atoms with Gasteiger partial charge in [-0.3, -0.25) is 14.4 Å². The summed E-state index contributed by atoms with van der Waals surface area (Å²) in [5.74, 6) is -6.44. The molecule has 0 aromatic heterocycles. The molecule has 352 valence electrons. The molecular weight excluding hydrogens is 800 g/mol. The van der Waals surface area contributed by atoms with Crippen LogP contribution >= 0.6 is 0 Å². The van der Waals surface area contributed by atoms with Gasteiger partial charge in [0.15, 0.2) is 24.8 Å². The number of ether oxygens (including phenoxy) is 8. The Morgan fingerprint density at radius 3 is 1.98 bits per heavy atom. The van der Waals surface area contributed by atoms with E-state index < -0.39 is 120 Å². The van der Waals surface area contributed by atoms with E-state index in [-0.39, 0.29) is 37.1 Å². The van der Waals surface area contributed by atoms with Gasteiger partial charge in [-0.05, 0) is 74.9 Å². The van der Waals surface area contributed by atoms with E-state index in [4.69, 9.17) is 42.7 Å². The monoisotopic (exact) mass is 875 g/mol. The fraction of sp³-hybridized carbons (Fsp3) is 0.884. The predicted molar refractivity (Wildman–Crippen MR) is 220 cm³/mol. The number of aliphatic hydroxyl groups excluding tert-OH is 1. The minimum atomic E-state index is -2.04. The Labute approximate surface area is 361 Å². The third-order valence-corrected chi connectivity index (χ3v) is 12.7. The van der Waals surface area contributed by atoms with Gasteiger partial charge in [-0.1, -0.05) is 32.9 Å². The summed E-state index contributed by atoms with van der Waals surface area (Å²) in [6.07, 6.45) is -9.96. The molecular formula is C43H74N2O16. The van der Waals surface area contributed by atoms with Crippen LogP contribution in [0.25, 0.3) is 0 Å². The van der Waals surface area contributed by atoms with Crippen molar-refractivity contribution in [2.24, 2.45) is 28.8 Å². The molecule has 3 N–H and O–H groups in total. The van der Waals surface area contributed by atoms with E-state index in [1.165, 1.54) is 41.7 Å². The fourth-order valence-corrected chi connectivity index (χ4v) is 9.40. The molecule has 0 amide bonds. The van der Waals surface area contributed by atoms with Crippen molar-refractivity contribution in [2.45, 2.75) is 200 Å². The zero-order valence-electron chi connectivity index (χ0n) is 39.0. The zero-order chi connectivity index (χ0) is 46.5. The molecule has 3 saturated heterocycles. The first-order valence-electron chi connectivity index (χ1n) is 21.4. The van der Waals surface area contributed by atoms with Gasteiger partial charge in [0.05, 0.1) is 53.8 Å². The summed E-state index contributed by atoms with van der Waals surface area (Å²) in [7, 11) is 5.18. The number of hydrogen-bond acceptors (Lipinski definition) is 18. The van der Waals surface area contributed by atoms with E-state index in [2.05, 4.69) is 5.16 Å². The van der Waals surface area contributed by atoms with Crippen LogP contribution in [0.4, 0.5) is 0 Å². The van der Waals surface area contributed by atoms with Crippen LogP contribution in [0.1, 0.15) is 116 Å². The lowest BCUT2D eigenvalue weighted by molar-refractivity contribution is -0.319. The van der Waals surface area contributed by atoms with E-state index in [1.807, 2.05) is 25.9 Å². The quantitative estimate of drug-likeness (QED) is 0.124. The summed E-state index contributed by atoms with van der Waals surface area (Å²) in [6, 6.07) is -0.353. The van der Waals surface area contributed by atoms with Gasteiger partial charge in [-0.2, -0.15) is 0 Å². The van der Waals surface area contributed by atoms with Crippen LogP contribution in [0.15, 0.2) is 5.16 Å². The van der Waals surface area contributed by atoms with Crippen LogP contribution in [0.2, 0.25) is 0 Å². The number of nitrogens with zero attached hydrogens (tertiary/aromatic N) is 2. The molecule has 0 radical (unpaired) electrons. The first-order valence-corrected chi connectivity index (χ1v) is 21.4. The smallest absolute Gasteiger partial charge is 0.331 e. The molecule has 3 rings (SSSR count). The van der Waals surface area contributed by atoms with E-state index in [1.54, 1.807) is 48.5 Å². The summed E-state index contributed by atoms with van der Waals surface area (Å²) >= 11 is 0. The maximum atomic E-state index is 14.4. The molecule has 3 fully saturated rings. The van der Waals surface area contributed by atoms with Crippen molar-refractivity contribution >= 4 is 29.6 Å². The number of carbonyl (C=O) groups is 4. The fourth-order valence-electron chi connectivity index (χ4n) is 9.40.